The maximum absolute atomic E-state index is 14.1. The number of anilines is 1. The summed E-state index contributed by atoms with van der Waals surface area (Å²) in [6.07, 6.45) is 3.26. The molecular formula is C24H26ClN5O2. The second kappa shape index (κ2) is 7.90. The van der Waals surface area contributed by atoms with Crippen molar-refractivity contribution in [3.8, 4) is 5.75 Å². The number of ether oxygens (including phenoxy) is 1. The first-order chi connectivity index (χ1) is 15.4. The molecule has 0 unspecified atom stereocenters. The fraction of sp³-hybridized carbons (Fsp3) is 0.375. The van der Waals surface area contributed by atoms with Gasteiger partial charge in [-0.05, 0) is 55.2 Å². The number of hydrogen-bond acceptors (Lipinski definition) is 5. The minimum atomic E-state index is -0.626. The van der Waals surface area contributed by atoms with Gasteiger partial charge in [-0.2, -0.15) is 0 Å². The highest BCUT2D eigenvalue weighted by molar-refractivity contribution is 6.31. The Balaban J connectivity index is 1.54. The summed E-state index contributed by atoms with van der Waals surface area (Å²) in [6.45, 7) is 2.61. The van der Waals surface area contributed by atoms with Gasteiger partial charge in [-0.25, -0.2) is 0 Å². The molecule has 0 bridgehead atoms. The van der Waals surface area contributed by atoms with Gasteiger partial charge in [0.15, 0.2) is 0 Å². The molecule has 0 aliphatic carbocycles. The van der Waals surface area contributed by atoms with Crippen molar-refractivity contribution < 1.29 is 9.53 Å². The molecule has 1 aromatic heterocycles. The largest absolute Gasteiger partial charge is 0.497 e. The third-order valence-corrected chi connectivity index (χ3v) is 6.83. The number of aryl methyl sites for hydroxylation is 1. The van der Waals surface area contributed by atoms with Crippen molar-refractivity contribution in [2.24, 2.45) is 7.05 Å². The van der Waals surface area contributed by atoms with Gasteiger partial charge in [-0.3, -0.25) is 9.48 Å². The van der Waals surface area contributed by atoms with Crippen LogP contribution in [0.1, 0.15) is 42.6 Å². The van der Waals surface area contributed by atoms with E-state index in [9.17, 15) is 4.79 Å². The predicted octanol–water partition coefficient (Wildman–Crippen LogP) is 3.77. The molecule has 1 fully saturated rings. The average Bonchev–Trinajstić information content (AvgIpc) is 3.30. The van der Waals surface area contributed by atoms with Gasteiger partial charge >= 0.3 is 0 Å². The highest BCUT2D eigenvalue weighted by Crippen LogP contribution is 2.52. The summed E-state index contributed by atoms with van der Waals surface area (Å²) in [5.74, 6) is 0.910. The number of carbonyl (C=O) groups excluding carboxylic acids is 1. The number of methoxy groups -OCH3 is 1. The number of rotatable bonds is 4. The van der Waals surface area contributed by atoms with Crippen LogP contribution >= 0.6 is 11.6 Å². The second-order valence-electron chi connectivity index (χ2n) is 8.83. The lowest BCUT2D eigenvalue weighted by Gasteiger charge is -2.40. The highest BCUT2D eigenvalue weighted by Gasteiger charge is 2.54. The van der Waals surface area contributed by atoms with Gasteiger partial charge < -0.3 is 15.0 Å². The fourth-order valence-electron chi connectivity index (χ4n) is 5.21. The Labute approximate surface area is 192 Å². The van der Waals surface area contributed by atoms with Crippen LogP contribution in [0.2, 0.25) is 5.02 Å². The SMILES string of the molecule is COc1ccc(CN2C(=O)[C@@]3(C[C@@H](c4cn(C)nn4)N[C@@H](C)C3)c3ccc(Cl)cc32)cc1. The van der Waals surface area contributed by atoms with Crippen LogP contribution in [-0.2, 0) is 23.8 Å². The van der Waals surface area contributed by atoms with Crippen LogP contribution in [0.15, 0.2) is 48.7 Å². The van der Waals surface area contributed by atoms with Crippen molar-refractivity contribution in [2.75, 3.05) is 12.0 Å². The summed E-state index contributed by atoms with van der Waals surface area (Å²) in [5, 5.41) is 12.7. The Bertz CT molecular complexity index is 1160. The fourth-order valence-corrected chi connectivity index (χ4v) is 5.38. The zero-order valence-corrected chi connectivity index (χ0v) is 19.1. The maximum atomic E-state index is 14.1. The Kier molecular flexibility index (Phi) is 5.18. The number of nitrogens with zero attached hydrogens (tertiary/aromatic N) is 4. The molecule has 2 aliphatic heterocycles. The highest BCUT2D eigenvalue weighted by atomic mass is 35.5. The van der Waals surface area contributed by atoms with Crippen LogP contribution in [0.5, 0.6) is 5.75 Å². The first kappa shape index (κ1) is 21.0. The number of piperidine rings is 1. The Hall–Kier alpha value is -2.90. The van der Waals surface area contributed by atoms with E-state index in [0.717, 1.165) is 34.7 Å². The number of hydrogen-bond donors (Lipinski definition) is 1. The third kappa shape index (κ3) is 3.45. The van der Waals surface area contributed by atoms with Crippen LogP contribution in [0.25, 0.3) is 0 Å². The number of benzene rings is 2. The van der Waals surface area contributed by atoms with Crippen molar-refractivity contribution >= 4 is 23.2 Å². The second-order valence-corrected chi connectivity index (χ2v) is 9.27. The standard InChI is InChI=1S/C24H26ClN5O2/c1-15-11-24(12-20(26-15)21-14-29(2)28-27-21)19-9-6-17(25)10-22(19)30(23(24)31)13-16-4-7-18(32-3)8-5-16/h4-10,14-15,20,26H,11-13H2,1-3H3/t15-,20-,24-/m0/s1. The number of amides is 1. The molecule has 32 heavy (non-hydrogen) atoms. The molecule has 1 saturated heterocycles. The molecule has 2 aliphatic rings. The number of fused-ring (bicyclic) bond motifs is 2. The van der Waals surface area contributed by atoms with Gasteiger partial charge in [0, 0.05) is 30.0 Å². The van der Waals surface area contributed by atoms with Crippen LogP contribution in [0.3, 0.4) is 0 Å². The molecule has 1 spiro atoms. The lowest BCUT2D eigenvalue weighted by Crippen LogP contribution is -2.51. The quantitative estimate of drug-likeness (QED) is 0.653. The van der Waals surface area contributed by atoms with E-state index in [1.54, 1.807) is 11.8 Å². The molecule has 1 amide bonds. The zero-order valence-electron chi connectivity index (χ0n) is 18.4. The number of nitrogens with one attached hydrogen (secondary N) is 1. The molecule has 1 N–H and O–H groups in total. The minimum absolute atomic E-state index is 0.0548. The van der Waals surface area contributed by atoms with E-state index in [2.05, 4.69) is 22.6 Å². The summed E-state index contributed by atoms with van der Waals surface area (Å²) in [7, 11) is 3.50. The van der Waals surface area contributed by atoms with Crippen molar-refractivity contribution in [1.82, 2.24) is 20.3 Å². The number of halogens is 1. The van der Waals surface area contributed by atoms with Crippen molar-refractivity contribution in [1.29, 1.82) is 0 Å². The first-order valence-electron chi connectivity index (χ1n) is 10.8. The summed E-state index contributed by atoms with van der Waals surface area (Å²) in [6, 6.07) is 13.7. The molecule has 8 heteroatoms. The maximum Gasteiger partial charge on any atom is 0.238 e. The topological polar surface area (TPSA) is 72.3 Å². The van der Waals surface area contributed by atoms with Crippen LogP contribution in [-0.4, -0.2) is 34.1 Å². The smallest absolute Gasteiger partial charge is 0.238 e. The van der Waals surface area contributed by atoms with Gasteiger partial charge in [0.25, 0.3) is 0 Å². The lowest BCUT2D eigenvalue weighted by atomic mass is 9.69. The van der Waals surface area contributed by atoms with Crippen molar-refractivity contribution in [3.05, 3.63) is 70.5 Å². The van der Waals surface area contributed by atoms with E-state index in [0.29, 0.717) is 18.0 Å². The van der Waals surface area contributed by atoms with Gasteiger partial charge in [-0.1, -0.05) is 35.0 Å². The van der Waals surface area contributed by atoms with Gasteiger partial charge in [-0.15, -0.1) is 5.10 Å². The third-order valence-electron chi connectivity index (χ3n) is 6.59. The van der Waals surface area contributed by atoms with E-state index < -0.39 is 5.41 Å². The molecule has 3 atom stereocenters. The minimum Gasteiger partial charge on any atom is -0.497 e. The van der Waals surface area contributed by atoms with Gasteiger partial charge in [0.2, 0.25) is 5.91 Å². The summed E-state index contributed by atoms with van der Waals surface area (Å²) < 4.78 is 6.97. The summed E-state index contributed by atoms with van der Waals surface area (Å²) in [4.78, 5) is 16.0. The molecule has 166 valence electrons. The van der Waals surface area contributed by atoms with Gasteiger partial charge in [0.05, 0.1) is 30.8 Å². The van der Waals surface area contributed by atoms with Crippen molar-refractivity contribution in [3.63, 3.8) is 0 Å². The summed E-state index contributed by atoms with van der Waals surface area (Å²) >= 11 is 6.37. The molecule has 5 rings (SSSR count). The molecule has 3 heterocycles. The summed E-state index contributed by atoms with van der Waals surface area (Å²) in [5.41, 5.74) is 3.21. The zero-order chi connectivity index (χ0) is 22.5. The van der Waals surface area contributed by atoms with Crippen molar-refractivity contribution in [2.45, 2.75) is 43.8 Å². The molecule has 0 saturated carbocycles. The van der Waals surface area contributed by atoms with Crippen LogP contribution in [0.4, 0.5) is 5.69 Å². The monoisotopic (exact) mass is 451 g/mol. The molecule has 3 aromatic rings. The van der Waals surface area contributed by atoms with Crippen LogP contribution in [0, 0.1) is 0 Å². The number of aromatic nitrogens is 3. The van der Waals surface area contributed by atoms with E-state index >= 15 is 0 Å². The molecule has 2 aromatic carbocycles. The van der Waals surface area contributed by atoms with E-state index in [4.69, 9.17) is 16.3 Å². The molecule has 7 nitrogen and oxygen atoms in total. The molecule has 0 radical (unpaired) electrons. The Morgan fingerprint density at radius 3 is 2.69 bits per heavy atom. The van der Waals surface area contributed by atoms with E-state index in [1.165, 1.54) is 0 Å². The van der Waals surface area contributed by atoms with Gasteiger partial charge in [0.1, 0.15) is 5.75 Å². The lowest BCUT2D eigenvalue weighted by molar-refractivity contribution is -0.125. The normalized spacial score (nSPS) is 24.8. The Morgan fingerprint density at radius 1 is 1.22 bits per heavy atom. The van der Waals surface area contributed by atoms with E-state index in [-0.39, 0.29) is 18.0 Å². The number of carbonyl (C=O) groups is 1. The molecular weight excluding hydrogens is 426 g/mol. The van der Waals surface area contributed by atoms with Crippen LogP contribution < -0.4 is 15.0 Å². The Morgan fingerprint density at radius 2 is 2.00 bits per heavy atom. The first-order valence-corrected chi connectivity index (χ1v) is 11.1. The van der Waals surface area contributed by atoms with E-state index in [1.807, 2.05) is 60.6 Å². The predicted molar refractivity (Wildman–Crippen MR) is 123 cm³/mol. The average molecular weight is 452 g/mol.